The number of nitrogens with one attached hydrogen (secondary N) is 2. The van der Waals surface area contributed by atoms with E-state index in [0.717, 1.165) is 27.9 Å². The van der Waals surface area contributed by atoms with Crippen LogP contribution in [-0.4, -0.2) is 57.4 Å². The summed E-state index contributed by atoms with van der Waals surface area (Å²) < 4.78 is 32.6. The fourth-order valence-corrected chi connectivity index (χ4v) is 5.04. The minimum absolute atomic E-state index is 0.000309. The number of carbonyl (C=O) groups excluding carboxylic acids is 2. The number of rotatable bonds is 8. The third-order valence-corrected chi connectivity index (χ3v) is 7.55. The van der Waals surface area contributed by atoms with E-state index in [2.05, 4.69) is 10.6 Å². The predicted molar refractivity (Wildman–Crippen MR) is 130 cm³/mol. The average Bonchev–Trinajstić information content (AvgIpc) is 3.36. The summed E-state index contributed by atoms with van der Waals surface area (Å²) >= 11 is 0. The van der Waals surface area contributed by atoms with Gasteiger partial charge in [-0.2, -0.15) is 4.31 Å². The minimum Gasteiger partial charge on any atom is -0.376 e. The molecule has 1 heterocycles. The van der Waals surface area contributed by atoms with Crippen LogP contribution in [-0.2, 0) is 19.6 Å². The van der Waals surface area contributed by atoms with Crippen molar-refractivity contribution < 1.29 is 22.7 Å². The molecule has 1 unspecified atom stereocenters. The van der Waals surface area contributed by atoms with Crippen molar-refractivity contribution in [3.05, 3.63) is 72.3 Å². The Balaban J connectivity index is 1.42. The Kier molecular flexibility index (Phi) is 7.26. The quantitative estimate of drug-likeness (QED) is 0.515. The molecule has 2 amide bonds. The van der Waals surface area contributed by atoms with Gasteiger partial charge in [-0.3, -0.25) is 9.59 Å². The lowest BCUT2D eigenvalue weighted by Gasteiger charge is -2.18. The molecular formula is C25H27N3O5S. The highest BCUT2D eigenvalue weighted by Gasteiger charge is 2.24. The van der Waals surface area contributed by atoms with E-state index in [-0.39, 0.29) is 16.9 Å². The van der Waals surface area contributed by atoms with Crippen LogP contribution in [0.2, 0.25) is 0 Å². The number of amides is 2. The average molecular weight is 482 g/mol. The molecule has 3 aromatic rings. The predicted octanol–water partition coefficient (Wildman–Crippen LogP) is 3.01. The van der Waals surface area contributed by atoms with E-state index in [1.54, 1.807) is 36.4 Å². The molecule has 9 heteroatoms. The first-order valence-corrected chi connectivity index (χ1v) is 12.5. The van der Waals surface area contributed by atoms with Crippen LogP contribution in [0.4, 0.5) is 5.69 Å². The molecule has 0 bridgehead atoms. The summed E-state index contributed by atoms with van der Waals surface area (Å²) in [5.41, 5.74) is 0.614. The van der Waals surface area contributed by atoms with Gasteiger partial charge < -0.3 is 15.4 Å². The zero-order chi connectivity index (χ0) is 24.1. The molecule has 0 radical (unpaired) electrons. The number of hydrogen-bond donors (Lipinski definition) is 2. The van der Waals surface area contributed by atoms with E-state index in [4.69, 9.17) is 4.74 Å². The molecule has 1 saturated heterocycles. The Morgan fingerprint density at radius 3 is 2.53 bits per heavy atom. The van der Waals surface area contributed by atoms with Gasteiger partial charge in [0, 0.05) is 20.2 Å². The normalized spacial score (nSPS) is 16.0. The molecule has 0 aliphatic carbocycles. The number of fused-ring (bicyclic) bond motifs is 1. The largest absolute Gasteiger partial charge is 0.376 e. The van der Waals surface area contributed by atoms with Crippen LogP contribution in [0.25, 0.3) is 10.8 Å². The van der Waals surface area contributed by atoms with Crippen molar-refractivity contribution in [1.82, 2.24) is 9.62 Å². The van der Waals surface area contributed by atoms with Crippen LogP contribution < -0.4 is 10.6 Å². The monoisotopic (exact) mass is 481 g/mol. The number of likely N-dealkylation sites (N-methyl/N-ethyl adjacent to an activating group) is 1. The smallest absolute Gasteiger partial charge is 0.253 e. The minimum atomic E-state index is -3.88. The Labute approximate surface area is 199 Å². The fraction of sp³-hybridized carbons (Fsp3) is 0.280. The van der Waals surface area contributed by atoms with Gasteiger partial charge in [-0.1, -0.05) is 42.5 Å². The van der Waals surface area contributed by atoms with E-state index < -0.39 is 22.5 Å². The maximum absolute atomic E-state index is 13.0. The van der Waals surface area contributed by atoms with E-state index in [9.17, 15) is 18.0 Å². The number of hydrogen-bond acceptors (Lipinski definition) is 5. The molecule has 2 N–H and O–H groups in total. The maximum Gasteiger partial charge on any atom is 0.253 e. The number of nitrogens with zero attached hydrogens (tertiary/aromatic N) is 1. The van der Waals surface area contributed by atoms with Gasteiger partial charge in [-0.25, -0.2) is 8.42 Å². The van der Waals surface area contributed by atoms with E-state index in [1.807, 2.05) is 24.3 Å². The van der Waals surface area contributed by atoms with Crippen molar-refractivity contribution >= 4 is 38.3 Å². The molecule has 0 saturated carbocycles. The SMILES string of the molecule is CN(CC(=O)Nc1ccccc1C(=O)NCC1CCCO1)S(=O)(=O)c1ccc2ccccc2c1. The van der Waals surface area contributed by atoms with Crippen molar-refractivity contribution in [3.63, 3.8) is 0 Å². The van der Waals surface area contributed by atoms with Crippen LogP contribution in [0.3, 0.4) is 0 Å². The summed E-state index contributed by atoms with van der Waals surface area (Å²) in [6, 6.07) is 18.9. The van der Waals surface area contributed by atoms with E-state index >= 15 is 0 Å². The van der Waals surface area contributed by atoms with Crippen LogP contribution >= 0.6 is 0 Å². The standard InChI is InChI=1S/C25H27N3O5S/c1-28(34(31,32)21-13-12-18-7-2-3-8-19(18)15-21)17-24(29)27-23-11-5-4-10-22(23)25(30)26-16-20-9-6-14-33-20/h2-5,7-8,10-13,15,20H,6,9,14,16-17H2,1H3,(H,26,30)(H,27,29). The van der Waals surface area contributed by atoms with Crippen molar-refractivity contribution in [2.24, 2.45) is 0 Å². The molecule has 0 spiro atoms. The van der Waals surface area contributed by atoms with E-state index in [1.165, 1.54) is 13.1 Å². The lowest BCUT2D eigenvalue weighted by molar-refractivity contribution is -0.116. The lowest BCUT2D eigenvalue weighted by Crippen LogP contribution is -2.36. The van der Waals surface area contributed by atoms with Crippen LogP contribution in [0.1, 0.15) is 23.2 Å². The summed E-state index contributed by atoms with van der Waals surface area (Å²) in [6.45, 7) is 0.692. The number of anilines is 1. The van der Waals surface area contributed by atoms with Gasteiger partial charge >= 0.3 is 0 Å². The summed E-state index contributed by atoms with van der Waals surface area (Å²) in [7, 11) is -2.53. The molecule has 3 aromatic carbocycles. The summed E-state index contributed by atoms with van der Waals surface area (Å²) in [5, 5.41) is 7.22. The molecule has 1 aliphatic heterocycles. The highest BCUT2D eigenvalue weighted by Crippen LogP contribution is 2.22. The van der Waals surface area contributed by atoms with E-state index in [0.29, 0.717) is 24.4 Å². The zero-order valence-electron chi connectivity index (χ0n) is 18.9. The van der Waals surface area contributed by atoms with Crippen molar-refractivity contribution in [1.29, 1.82) is 0 Å². The molecule has 1 fully saturated rings. The van der Waals surface area contributed by atoms with Gasteiger partial charge in [0.05, 0.1) is 28.8 Å². The molecule has 1 aliphatic rings. The second kappa shape index (κ2) is 10.3. The van der Waals surface area contributed by atoms with Crippen molar-refractivity contribution in [3.8, 4) is 0 Å². The van der Waals surface area contributed by atoms with Gasteiger partial charge in [0.15, 0.2) is 0 Å². The first-order valence-electron chi connectivity index (χ1n) is 11.1. The summed E-state index contributed by atoms with van der Waals surface area (Å²) in [6.07, 6.45) is 1.87. The Bertz CT molecular complexity index is 1300. The van der Waals surface area contributed by atoms with Gasteiger partial charge in [0.25, 0.3) is 5.91 Å². The van der Waals surface area contributed by atoms with Gasteiger partial charge in [-0.05, 0) is 47.9 Å². The molecule has 0 aromatic heterocycles. The van der Waals surface area contributed by atoms with Crippen molar-refractivity contribution in [2.75, 3.05) is 32.1 Å². The van der Waals surface area contributed by atoms with Crippen molar-refractivity contribution in [2.45, 2.75) is 23.8 Å². The second-order valence-electron chi connectivity index (χ2n) is 8.21. The lowest BCUT2D eigenvalue weighted by atomic mass is 10.1. The molecule has 178 valence electrons. The Morgan fingerprint density at radius 2 is 1.76 bits per heavy atom. The van der Waals surface area contributed by atoms with Crippen LogP contribution in [0.15, 0.2) is 71.6 Å². The van der Waals surface area contributed by atoms with Gasteiger partial charge in [0.2, 0.25) is 15.9 Å². The van der Waals surface area contributed by atoms with Gasteiger partial charge in [0.1, 0.15) is 0 Å². The zero-order valence-corrected chi connectivity index (χ0v) is 19.7. The molecule has 8 nitrogen and oxygen atoms in total. The molecule has 1 atom stereocenters. The highest BCUT2D eigenvalue weighted by molar-refractivity contribution is 7.89. The number of ether oxygens (including phenoxy) is 1. The Morgan fingerprint density at radius 1 is 1.03 bits per heavy atom. The first-order chi connectivity index (χ1) is 16.3. The Hall–Kier alpha value is -3.27. The fourth-order valence-electron chi connectivity index (χ4n) is 3.88. The summed E-state index contributed by atoms with van der Waals surface area (Å²) in [5.74, 6) is -0.880. The molecular weight excluding hydrogens is 454 g/mol. The number of carbonyl (C=O) groups is 2. The first kappa shape index (κ1) is 23.9. The number of sulfonamides is 1. The molecule has 34 heavy (non-hydrogen) atoms. The third kappa shape index (κ3) is 5.44. The highest BCUT2D eigenvalue weighted by atomic mass is 32.2. The second-order valence-corrected chi connectivity index (χ2v) is 10.3. The number of para-hydroxylation sites is 1. The maximum atomic E-state index is 13.0. The molecule has 4 rings (SSSR count). The number of benzene rings is 3. The third-order valence-electron chi connectivity index (χ3n) is 5.76. The van der Waals surface area contributed by atoms with Crippen LogP contribution in [0.5, 0.6) is 0 Å². The van der Waals surface area contributed by atoms with Gasteiger partial charge in [-0.15, -0.1) is 0 Å². The topological polar surface area (TPSA) is 105 Å². The van der Waals surface area contributed by atoms with Crippen LogP contribution in [0, 0.1) is 0 Å². The summed E-state index contributed by atoms with van der Waals surface area (Å²) in [4.78, 5) is 25.4.